The van der Waals surface area contributed by atoms with Crippen molar-refractivity contribution in [2.24, 2.45) is 0 Å². The number of aliphatic hydroxyl groups is 1. The van der Waals surface area contributed by atoms with Gasteiger partial charge in [0.15, 0.2) is 5.58 Å². The van der Waals surface area contributed by atoms with E-state index < -0.39 is 11.9 Å². The Kier molecular flexibility index (Phi) is 4.01. The van der Waals surface area contributed by atoms with E-state index in [1.165, 1.54) is 4.57 Å². The Morgan fingerprint density at radius 2 is 2.21 bits per heavy atom. The van der Waals surface area contributed by atoms with Crippen LogP contribution in [0.4, 0.5) is 0 Å². The monoisotopic (exact) mass is 264 g/mol. The number of carbonyl (C=O) groups excluding carboxylic acids is 1. The molecule has 19 heavy (non-hydrogen) atoms. The summed E-state index contributed by atoms with van der Waals surface area (Å²) in [6.07, 6.45) is -0.419. The third-order valence-corrected chi connectivity index (χ3v) is 2.73. The fraction of sp³-hybridized carbons (Fsp3) is 0.385. The first-order valence-electron chi connectivity index (χ1n) is 6.11. The highest BCUT2D eigenvalue weighted by Gasteiger charge is 2.10. The predicted octanol–water partition coefficient (Wildman–Crippen LogP) is 0.482. The molecule has 2 rings (SSSR count). The van der Waals surface area contributed by atoms with E-state index in [-0.39, 0.29) is 25.4 Å². The summed E-state index contributed by atoms with van der Waals surface area (Å²) in [7, 11) is 0. The molecule has 0 aliphatic rings. The van der Waals surface area contributed by atoms with Crippen molar-refractivity contribution >= 4 is 17.0 Å². The van der Waals surface area contributed by atoms with Crippen molar-refractivity contribution in [3.8, 4) is 0 Å². The van der Waals surface area contributed by atoms with Crippen molar-refractivity contribution in [2.45, 2.75) is 26.0 Å². The van der Waals surface area contributed by atoms with Gasteiger partial charge in [0.25, 0.3) is 0 Å². The van der Waals surface area contributed by atoms with Gasteiger partial charge in [-0.2, -0.15) is 0 Å². The number of oxazole rings is 1. The molecule has 102 valence electrons. The molecule has 6 heteroatoms. The number of hydrogen-bond acceptors (Lipinski definition) is 4. The Labute approximate surface area is 109 Å². The number of aromatic nitrogens is 1. The van der Waals surface area contributed by atoms with Crippen LogP contribution in [0.1, 0.15) is 13.3 Å². The van der Waals surface area contributed by atoms with E-state index in [0.29, 0.717) is 11.1 Å². The molecule has 6 nitrogen and oxygen atoms in total. The number of benzene rings is 1. The molecule has 0 aliphatic heterocycles. The molecule has 0 aliphatic carbocycles. The van der Waals surface area contributed by atoms with Crippen LogP contribution in [-0.2, 0) is 11.3 Å². The maximum Gasteiger partial charge on any atom is 0.419 e. The van der Waals surface area contributed by atoms with Gasteiger partial charge in [-0.15, -0.1) is 0 Å². The summed E-state index contributed by atoms with van der Waals surface area (Å²) in [6, 6.07) is 7.07. The Hall–Kier alpha value is -2.08. The van der Waals surface area contributed by atoms with E-state index in [2.05, 4.69) is 5.32 Å². The summed E-state index contributed by atoms with van der Waals surface area (Å²) in [5.74, 6) is -0.678. The molecule has 1 amide bonds. The van der Waals surface area contributed by atoms with E-state index >= 15 is 0 Å². The van der Waals surface area contributed by atoms with Gasteiger partial charge in [0.05, 0.1) is 11.6 Å². The molecule has 1 heterocycles. The van der Waals surface area contributed by atoms with Gasteiger partial charge in [0, 0.05) is 19.5 Å². The molecule has 0 saturated carbocycles. The fourth-order valence-corrected chi connectivity index (χ4v) is 1.79. The first-order valence-corrected chi connectivity index (χ1v) is 6.11. The van der Waals surface area contributed by atoms with Gasteiger partial charge < -0.3 is 14.8 Å². The lowest BCUT2D eigenvalue weighted by Gasteiger charge is -2.07. The zero-order valence-electron chi connectivity index (χ0n) is 10.6. The summed E-state index contributed by atoms with van der Waals surface area (Å²) >= 11 is 0. The molecule has 0 radical (unpaired) electrons. The van der Waals surface area contributed by atoms with E-state index in [1.807, 2.05) is 0 Å². The first-order chi connectivity index (χ1) is 9.08. The summed E-state index contributed by atoms with van der Waals surface area (Å²) in [5.41, 5.74) is 1.19. The summed E-state index contributed by atoms with van der Waals surface area (Å²) < 4.78 is 6.49. The van der Waals surface area contributed by atoms with Crippen LogP contribution in [0.3, 0.4) is 0 Å². The molecule has 2 N–H and O–H groups in total. The smallest absolute Gasteiger partial charge is 0.408 e. The van der Waals surface area contributed by atoms with Crippen molar-refractivity contribution in [1.29, 1.82) is 0 Å². The first kappa shape index (κ1) is 13.4. The quantitative estimate of drug-likeness (QED) is 0.822. The minimum Gasteiger partial charge on any atom is -0.408 e. The van der Waals surface area contributed by atoms with Crippen LogP contribution in [0.2, 0.25) is 0 Å². The van der Waals surface area contributed by atoms with E-state index in [0.717, 1.165) is 0 Å². The topological polar surface area (TPSA) is 84.5 Å². The Morgan fingerprint density at radius 3 is 2.95 bits per heavy atom. The summed E-state index contributed by atoms with van der Waals surface area (Å²) in [5, 5.41) is 11.6. The van der Waals surface area contributed by atoms with Crippen LogP contribution in [-0.4, -0.2) is 28.2 Å². The maximum atomic E-state index is 11.6. The van der Waals surface area contributed by atoms with E-state index in [1.54, 1.807) is 31.2 Å². The second-order valence-electron chi connectivity index (χ2n) is 4.39. The number of nitrogens with zero attached hydrogens (tertiary/aromatic N) is 1. The average Bonchev–Trinajstić information content (AvgIpc) is 2.69. The van der Waals surface area contributed by atoms with E-state index in [9.17, 15) is 9.59 Å². The molecule has 1 unspecified atom stereocenters. The van der Waals surface area contributed by atoms with Crippen molar-refractivity contribution in [2.75, 3.05) is 6.54 Å². The molecule has 2 aromatic rings. The standard InChI is InChI=1S/C13H16N2O4/c1-9(16)8-14-12(17)6-7-15-10-4-2-3-5-11(10)19-13(15)18/h2-5,9,16H,6-8H2,1H3,(H,14,17). The van der Waals surface area contributed by atoms with E-state index in [4.69, 9.17) is 9.52 Å². The third kappa shape index (κ3) is 3.23. The Bertz CT molecular complexity index is 627. The lowest BCUT2D eigenvalue weighted by molar-refractivity contribution is -0.121. The SMILES string of the molecule is CC(O)CNC(=O)CCn1c(=O)oc2ccccc21. The Balaban J connectivity index is 2.04. The summed E-state index contributed by atoms with van der Waals surface area (Å²) in [6.45, 7) is 2.05. The van der Waals surface area contributed by atoms with Gasteiger partial charge in [-0.25, -0.2) is 4.79 Å². The lowest BCUT2D eigenvalue weighted by Crippen LogP contribution is -2.31. The van der Waals surface area contributed by atoms with Crippen molar-refractivity contribution in [1.82, 2.24) is 9.88 Å². The lowest BCUT2D eigenvalue weighted by atomic mass is 10.3. The number of carbonyl (C=O) groups is 1. The van der Waals surface area contributed by atoms with Crippen LogP contribution >= 0.6 is 0 Å². The minimum atomic E-state index is -0.582. The number of aryl methyl sites for hydroxylation is 1. The third-order valence-electron chi connectivity index (χ3n) is 2.73. The van der Waals surface area contributed by atoms with Gasteiger partial charge >= 0.3 is 5.76 Å². The molecule has 0 fully saturated rings. The molecule has 1 aromatic heterocycles. The van der Waals surface area contributed by atoms with Gasteiger partial charge in [-0.05, 0) is 19.1 Å². The average molecular weight is 264 g/mol. The second-order valence-corrected chi connectivity index (χ2v) is 4.39. The number of fused-ring (bicyclic) bond motifs is 1. The number of hydrogen-bond donors (Lipinski definition) is 2. The molecule has 0 spiro atoms. The van der Waals surface area contributed by atoms with Gasteiger partial charge in [-0.1, -0.05) is 12.1 Å². The molecule has 0 bridgehead atoms. The molecular formula is C13H16N2O4. The maximum absolute atomic E-state index is 11.6. The van der Waals surface area contributed by atoms with Crippen LogP contribution in [0.5, 0.6) is 0 Å². The molecule has 1 aromatic carbocycles. The zero-order valence-corrected chi connectivity index (χ0v) is 10.6. The van der Waals surface area contributed by atoms with Crippen LogP contribution < -0.4 is 11.1 Å². The Morgan fingerprint density at radius 1 is 1.47 bits per heavy atom. The fourth-order valence-electron chi connectivity index (χ4n) is 1.79. The number of rotatable bonds is 5. The normalized spacial score (nSPS) is 12.5. The molecule has 0 saturated heterocycles. The highest BCUT2D eigenvalue weighted by molar-refractivity contribution is 5.76. The van der Waals surface area contributed by atoms with Gasteiger partial charge in [-0.3, -0.25) is 9.36 Å². The number of aliphatic hydroxyl groups excluding tert-OH is 1. The molecule has 1 atom stereocenters. The minimum absolute atomic E-state index is 0.163. The largest absolute Gasteiger partial charge is 0.419 e. The number of para-hydroxylation sites is 2. The van der Waals surface area contributed by atoms with Gasteiger partial charge in [0.1, 0.15) is 0 Å². The van der Waals surface area contributed by atoms with Crippen LogP contribution in [0.25, 0.3) is 11.1 Å². The van der Waals surface area contributed by atoms with Crippen LogP contribution in [0, 0.1) is 0 Å². The predicted molar refractivity (Wildman–Crippen MR) is 69.8 cm³/mol. The number of nitrogens with one attached hydrogen (secondary N) is 1. The van der Waals surface area contributed by atoms with Crippen LogP contribution in [0.15, 0.2) is 33.5 Å². The zero-order chi connectivity index (χ0) is 13.8. The van der Waals surface area contributed by atoms with Gasteiger partial charge in [0.2, 0.25) is 5.91 Å². The highest BCUT2D eigenvalue weighted by Crippen LogP contribution is 2.11. The number of amides is 1. The van der Waals surface area contributed by atoms with Crippen molar-refractivity contribution < 1.29 is 14.3 Å². The second kappa shape index (κ2) is 5.71. The highest BCUT2D eigenvalue weighted by atomic mass is 16.4. The summed E-state index contributed by atoms with van der Waals surface area (Å²) in [4.78, 5) is 23.2. The van der Waals surface area contributed by atoms with Crippen molar-refractivity contribution in [3.63, 3.8) is 0 Å². The van der Waals surface area contributed by atoms with Crippen molar-refractivity contribution in [3.05, 3.63) is 34.8 Å². The molecular weight excluding hydrogens is 248 g/mol.